The van der Waals surface area contributed by atoms with Gasteiger partial charge in [0.25, 0.3) is 0 Å². The Balaban J connectivity index is 0.000000355. The van der Waals surface area contributed by atoms with Crippen molar-refractivity contribution in [2.45, 2.75) is 211 Å². The number of nitrogens with two attached hydrogens (primary N) is 4. The number of carbonyl (C=O) groups is 10. The second kappa shape index (κ2) is 62.7. The zero-order valence-electron chi connectivity index (χ0n) is 78.8. The van der Waals surface area contributed by atoms with Gasteiger partial charge in [0.1, 0.15) is 23.2 Å². The molecule has 1 aliphatic rings. The third-order valence-corrected chi connectivity index (χ3v) is 25.3. The first-order valence-corrected chi connectivity index (χ1v) is 49.7. The Morgan fingerprint density at radius 1 is 0.443 bits per heavy atom. The van der Waals surface area contributed by atoms with Gasteiger partial charge in [0.15, 0.2) is 23.5 Å². The summed E-state index contributed by atoms with van der Waals surface area (Å²) in [7, 11) is -4.94. The lowest BCUT2D eigenvalue weighted by Gasteiger charge is -2.22. The highest BCUT2D eigenvalue weighted by Crippen LogP contribution is 2.26. The van der Waals surface area contributed by atoms with E-state index in [2.05, 4.69) is 25.4 Å². The number of nitrogen functional groups attached to an aromatic ring is 2. The van der Waals surface area contributed by atoms with E-state index >= 15 is 0 Å². The Bertz CT molecular complexity index is 5530. The molecule has 1 aliphatic carbocycles. The molecular formula is C104H135F3N12O19S2. The first-order chi connectivity index (χ1) is 66.6. The van der Waals surface area contributed by atoms with E-state index in [0.29, 0.717) is 149 Å². The molecule has 8 aromatic rings. The molecular weight excluding hydrogens is 1840 g/mol. The number of ketones is 5. The smallest absolute Gasteiger partial charge is 0.454 e. The van der Waals surface area contributed by atoms with Crippen LogP contribution in [0.2, 0.25) is 0 Å². The van der Waals surface area contributed by atoms with E-state index in [1.54, 1.807) is 117 Å². The van der Waals surface area contributed by atoms with Crippen molar-refractivity contribution in [3.8, 4) is 0 Å². The maximum absolute atomic E-state index is 14.3. The van der Waals surface area contributed by atoms with E-state index in [1.807, 2.05) is 96.3 Å². The molecule has 758 valence electrons. The fourth-order valence-electron chi connectivity index (χ4n) is 15.1. The first-order valence-electron chi connectivity index (χ1n) is 46.4. The van der Waals surface area contributed by atoms with Gasteiger partial charge < -0.3 is 67.9 Å². The molecule has 0 saturated heterocycles. The Hall–Kier alpha value is -12.2. The molecule has 16 N–H and O–H groups in total. The minimum absolute atomic E-state index is 0. The van der Waals surface area contributed by atoms with E-state index in [-0.39, 0.29) is 139 Å². The van der Waals surface area contributed by atoms with Gasteiger partial charge in [0.05, 0.1) is 63.0 Å². The van der Waals surface area contributed by atoms with Gasteiger partial charge in [-0.05, 0) is 144 Å². The summed E-state index contributed by atoms with van der Waals surface area (Å²) in [6.07, 6.45) is 0.393. The number of Topliss-reactive ketones (excluding diaryl/α,β-unsaturated/α-hetero) is 5. The van der Waals surface area contributed by atoms with Crippen molar-refractivity contribution >= 4 is 90.2 Å². The Labute approximate surface area is 819 Å². The van der Waals surface area contributed by atoms with Crippen LogP contribution in [0.15, 0.2) is 206 Å². The summed E-state index contributed by atoms with van der Waals surface area (Å²) in [5, 5.41) is 25.6. The molecule has 9 rings (SSSR count). The number of carbonyl (C=O) groups excluding carboxylic acids is 10. The minimum Gasteiger partial charge on any atom is -0.454 e. The van der Waals surface area contributed by atoms with Crippen LogP contribution < -0.4 is 53.6 Å². The number of esters is 1. The van der Waals surface area contributed by atoms with Crippen LogP contribution in [-0.2, 0) is 168 Å². The fraction of sp³-hybridized carbons (Fsp3) is 0.423. The average molecular weight is 1980 g/mol. The summed E-state index contributed by atoms with van der Waals surface area (Å²) in [4.78, 5) is 127. The van der Waals surface area contributed by atoms with Crippen molar-refractivity contribution in [1.82, 2.24) is 30.7 Å². The van der Waals surface area contributed by atoms with Crippen LogP contribution in [0, 0.1) is 22.7 Å². The van der Waals surface area contributed by atoms with Gasteiger partial charge in [0, 0.05) is 134 Å². The highest BCUT2D eigenvalue weighted by atomic mass is 32.2. The predicted molar refractivity (Wildman–Crippen MR) is 529 cm³/mol. The molecule has 0 heterocycles. The monoisotopic (exact) mass is 1980 g/mol. The van der Waals surface area contributed by atoms with Gasteiger partial charge in [-0.25, -0.2) is 26.3 Å². The highest BCUT2D eigenvalue weighted by Gasteiger charge is 2.39. The van der Waals surface area contributed by atoms with Crippen LogP contribution in [0.25, 0.3) is 0 Å². The number of aryl methyl sites for hydroxylation is 3. The number of hydrogen-bond donors (Lipinski definition) is 12. The highest BCUT2D eigenvalue weighted by molar-refractivity contribution is 7.89. The van der Waals surface area contributed by atoms with Crippen molar-refractivity contribution in [1.29, 1.82) is 10.8 Å². The number of amidine groups is 2. The molecule has 0 aromatic heterocycles. The average Bonchev–Trinajstić information content (AvgIpc) is 1.03. The molecule has 0 radical (unpaired) electrons. The number of benzene rings is 8. The van der Waals surface area contributed by atoms with Crippen LogP contribution in [0.1, 0.15) is 188 Å². The van der Waals surface area contributed by atoms with Crippen molar-refractivity contribution in [2.24, 2.45) is 34.8 Å². The van der Waals surface area contributed by atoms with Crippen molar-refractivity contribution in [3.63, 3.8) is 0 Å². The van der Waals surface area contributed by atoms with E-state index in [1.165, 1.54) is 12.1 Å². The second-order valence-corrected chi connectivity index (χ2v) is 37.4. The van der Waals surface area contributed by atoms with Gasteiger partial charge in [-0.2, -0.15) is 13.2 Å². The maximum atomic E-state index is 14.3. The minimum atomic E-state index is -5.05. The lowest BCUT2D eigenvalue weighted by molar-refractivity contribution is -0.173. The number of methoxy groups -OCH3 is 2. The van der Waals surface area contributed by atoms with E-state index in [9.17, 15) is 78.0 Å². The maximum Gasteiger partial charge on any atom is 0.471 e. The molecule has 1 fully saturated rings. The van der Waals surface area contributed by atoms with Crippen LogP contribution in [0.3, 0.4) is 0 Å². The van der Waals surface area contributed by atoms with Crippen LogP contribution in [-0.4, -0.2) is 172 Å². The fourth-order valence-corrected chi connectivity index (χ4v) is 17.9. The topological polar surface area (TPSA) is 509 Å². The van der Waals surface area contributed by atoms with Gasteiger partial charge in [-0.1, -0.05) is 214 Å². The van der Waals surface area contributed by atoms with Crippen LogP contribution in [0.5, 0.6) is 0 Å². The third kappa shape index (κ3) is 46.2. The van der Waals surface area contributed by atoms with Crippen LogP contribution >= 0.6 is 0 Å². The Morgan fingerprint density at radius 2 is 0.857 bits per heavy atom. The quantitative estimate of drug-likeness (QED) is 0.00729. The lowest BCUT2D eigenvalue weighted by atomic mass is 9.89. The summed E-state index contributed by atoms with van der Waals surface area (Å²) in [5.74, 6) is -7.45. The summed E-state index contributed by atoms with van der Waals surface area (Å²) < 4.78 is 124. The Morgan fingerprint density at radius 3 is 1.31 bits per heavy atom. The van der Waals surface area contributed by atoms with E-state index < -0.39 is 104 Å². The van der Waals surface area contributed by atoms with Gasteiger partial charge >= 0.3 is 18.1 Å². The molecule has 0 spiro atoms. The molecule has 4 amide bonds. The zero-order valence-corrected chi connectivity index (χ0v) is 80.4. The molecule has 0 bridgehead atoms. The number of ether oxygens (including phenoxy) is 5. The number of nitrogens with one attached hydrogen (secondary N) is 8. The zero-order chi connectivity index (χ0) is 101. The Kier molecular flexibility index (Phi) is 52.2. The largest absolute Gasteiger partial charge is 0.471 e. The predicted octanol–water partition coefficient (Wildman–Crippen LogP) is 11.1. The molecule has 140 heavy (non-hydrogen) atoms. The molecule has 36 heteroatoms. The summed E-state index contributed by atoms with van der Waals surface area (Å²) in [5.41, 5.74) is 32.4. The molecule has 1 unspecified atom stereocenters. The number of hydrogen-bond acceptors (Lipinski definition) is 23. The van der Waals surface area contributed by atoms with E-state index in [0.717, 1.165) is 45.4 Å². The van der Waals surface area contributed by atoms with E-state index in [4.69, 9.17) is 57.4 Å². The third-order valence-electron chi connectivity index (χ3n) is 22.6. The van der Waals surface area contributed by atoms with Gasteiger partial charge in [-0.15, -0.1) is 0 Å². The van der Waals surface area contributed by atoms with Crippen molar-refractivity contribution in [3.05, 3.63) is 284 Å². The number of rotatable bonds is 61. The summed E-state index contributed by atoms with van der Waals surface area (Å²) in [6, 6.07) is 58.1. The SMILES string of the molecule is C.COCCOCCCC(=O)CCC(=O)OC1CCCC1=O.COCCOCCNC(=O)CCC(=O)CCc1cccc(CS(=O)(=O)N[C@H](CCCc2ccccc2)C(=O)C[C@@H](Cc2cccc(CN)c2)C(=O)NCc2ccc(C(=N)N)cc2)c1.N=C(N)c1ccc(CNC(=O)[C@@H](CC(=O)[C@@H](CCCc2ccccc2)NS(=O)(=O)Cc2cccc(CN)c2)Cc2cccc(CNC(=O)C(F)(F)F)c2)cc1. The summed E-state index contributed by atoms with van der Waals surface area (Å²) >= 11 is 0. The number of sulfonamides is 2. The van der Waals surface area contributed by atoms with Crippen molar-refractivity contribution in [2.75, 3.05) is 60.4 Å². The first kappa shape index (κ1) is 116. The molecule has 0 aliphatic heterocycles. The van der Waals surface area contributed by atoms with Gasteiger partial charge in [0.2, 0.25) is 37.8 Å². The molecule has 1 saturated carbocycles. The van der Waals surface area contributed by atoms with Crippen LogP contribution in [0.4, 0.5) is 13.2 Å². The van der Waals surface area contributed by atoms with Gasteiger partial charge in [-0.3, -0.25) is 58.8 Å². The number of amides is 4. The summed E-state index contributed by atoms with van der Waals surface area (Å²) in [6.45, 7) is 3.52. The van der Waals surface area contributed by atoms with Crippen molar-refractivity contribution < 1.29 is 102 Å². The second-order valence-electron chi connectivity index (χ2n) is 33.9. The molecule has 31 nitrogen and oxygen atoms in total. The lowest BCUT2D eigenvalue weighted by Crippen LogP contribution is -2.43. The number of alkyl halides is 3. The molecule has 8 aromatic carbocycles. The molecule has 5 atom stereocenters. The normalized spacial score (nSPS) is 13.2. The standard InChI is InChI=1S/C48H62N6O8S.C40H45F3N6O5S.C15H24O6.CH4/c1-61-26-27-62-25-24-52-46(57)23-22-43(55)21-18-36-11-5-14-40(28-36)34-63(59,60)54-44(15-7-10-35-8-3-2-4-9-35)45(56)31-42(30-38-12-6-13-39(29-38)32-49)48(58)53-33-37-16-19-41(20-17-37)47(50)51;41-40(42,43)39(52)48-25-31-12-4-10-29(19-31)21-34(38(51)47-24-28-15-17-33(18-16-28)37(45)46)22-36(50)35(14-6-9-27-7-2-1-3-8-27)49-55(53,54)26-32-13-5-11-30(20-32)23-44;1-19-10-11-20-9-3-4-12(16)7-8-15(18)21-14-6-2-5-13(14)17;/h2-6,8-9,11-14,16-17,19-20,28-29,42,44,54H,7,10,15,18,21-27,30-34,49H2,1H3,(H3,50,51)(H,52,57)(H,53,58);1-5,7-8,10-13,15-20,34-35,49H,6,9,14,21-26,44H2,(H3,45,46)(H,47,51)(H,48,52);14H,2-11H2,1H3;1H4/t42-,44-;34-,35-;;/m11../s1. The number of halogens is 3.